The van der Waals surface area contributed by atoms with Gasteiger partial charge in [0.05, 0.1) is 17.1 Å². The third-order valence-electron chi connectivity index (χ3n) is 10.1. The Kier molecular flexibility index (Phi) is 8.08. The minimum absolute atomic E-state index is 0.642. The van der Waals surface area contributed by atoms with E-state index < -0.39 is 0 Å². The molecule has 4 heterocycles. The van der Waals surface area contributed by atoms with Gasteiger partial charge in [0.2, 0.25) is 0 Å². The van der Waals surface area contributed by atoms with E-state index in [0.29, 0.717) is 5.82 Å². The van der Waals surface area contributed by atoms with Crippen LogP contribution in [-0.2, 0) is 0 Å². The zero-order chi connectivity index (χ0) is 36.6. The van der Waals surface area contributed by atoms with Crippen molar-refractivity contribution in [3.05, 3.63) is 194 Å². The van der Waals surface area contributed by atoms with Crippen molar-refractivity contribution in [2.24, 2.45) is 0 Å². The molecule has 9 aromatic rings. The molecule has 3 aromatic heterocycles. The van der Waals surface area contributed by atoms with Crippen LogP contribution in [0, 0.1) is 0 Å². The average molecular weight is 705 g/mol. The number of nitrogens with zero attached hydrogens (tertiary/aromatic N) is 4. The van der Waals surface area contributed by atoms with Crippen LogP contribution >= 0.6 is 0 Å². The number of hydrogen-bond donors (Lipinski definition) is 0. The number of rotatable bonds is 4. The SMILES string of the molecule is C1=C\c2ccc(-c3cc(-c4ccc(-c5cccnc5)nc4)nc(-c4ccccc4)n3)cc2-c2ccc3ccccc3c2Oc2ccccc2-c2ccccc2/1. The highest BCUT2D eigenvalue weighted by molar-refractivity contribution is 5.99. The maximum Gasteiger partial charge on any atom is 0.160 e. The van der Waals surface area contributed by atoms with Crippen LogP contribution in [0.2, 0.25) is 0 Å². The highest BCUT2D eigenvalue weighted by Crippen LogP contribution is 2.45. The van der Waals surface area contributed by atoms with Crippen molar-refractivity contribution in [1.82, 2.24) is 19.9 Å². The summed E-state index contributed by atoms with van der Waals surface area (Å²) in [5.74, 6) is 2.25. The second-order valence-corrected chi connectivity index (χ2v) is 13.5. The topological polar surface area (TPSA) is 60.8 Å². The molecule has 0 aliphatic carbocycles. The number of aromatic nitrogens is 4. The summed E-state index contributed by atoms with van der Waals surface area (Å²) < 4.78 is 7.08. The minimum Gasteiger partial charge on any atom is -0.455 e. The van der Waals surface area contributed by atoms with Gasteiger partial charge in [-0.1, -0.05) is 127 Å². The molecule has 0 atom stereocenters. The van der Waals surface area contributed by atoms with Crippen LogP contribution in [0.25, 0.3) is 90.3 Å². The van der Waals surface area contributed by atoms with Crippen LogP contribution in [0.15, 0.2) is 182 Å². The Labute approximate surface area is 319 Å². The van der Waals surface area contributed by atoms with Crippen molar-refractivity contribution in [3.8, 4) is 78.9 Å². The lowest BCUT2D eigenvalue weighted by Crippen LogP contribution is -1.97. The van der Waals surface area contributed by atoms with Crippen LogP contribution in [0.3, 0.4) is 0 Å². The lowest BCUT2D eigenvalue weighted by Gasteiger charge is -2.18. The predicted molar refractivity (Wildman–Crippen MR) is 223 cm³/mol. The van der Waals surface area contributed by atoms with Gasteiger partial charge in [0.25, 0.3) is 0 Å². The van der Waals surface area contributed by atoms with E-state index in [2.05, 4.69) is 126 Å². The largest absolute Gasteiger partial charge is 0.455 e. The normalized spacial score (nSPS) is 12.3. The summed E-state index contributed by atoms with van der Waals surface area (Å²) in [6.45, 7) is 0. The lowest BCUT2D eigenvalue weighted by molar-refractivity contribution is 0.492. The molecule has 258 valence electrons. The molecule has 10 rings (SSSR count). The van der Waals surface area contributed by atoms with Crippen molar-refractivity contribution in [2.75, 3.05) is 0 Å². The van der Waals surface area contributed by atoms with Crippen molar-refractivity contribution in [2.45, 2.75) is 0 Å². The van der Waals surface area contributed by atoms with Gasteiger partial charge in [0.1, 0.15) is 11.5 Å². The smallest absolute Gasteiger partial charge is 0.160 e. The average Bonchev–Trinajstić information content (AvgIpc) is 3.28. The first kappa shape index (κ1) is 32.2. The van der Waals surface area contributed by atoms with Crippen molar-refractivity contribution < 1.29 is 4.74 Å². The Hall–Kier alpha value is -7.50. The van der Waals surface area contributed by atoms with Crippen molar-refractivity contribution in [3.63, 3.8) is 0 Å². The molecule has 5 heteroatoms. The third-order valence-corrected chi connectivity index (χ3v) is 10.1. The van der Waals surface area contributed by atoms with Gasteiger partial charge in [0.15, 0.2) is 5.82 Å². The van der Waals surface area contributed by atoms with E-state index in [1.807, 2.05) is 67.0 Å². The number of ether oxygens (including phenoxy) is 1. The summed E-state index contributed by atoms with van der Waals surface area (Å²) in [5, 5.41) is 2.15. The van der Waals surface area contributed by atoms with E-state index in [0.717, 1.165) is 95.0 Å². The number of fused-ring (bicyclic) bond motifs is 8. The van der Waals surface area contributed by atoms with Crippen molar-refractivity contribution in [1.29, 1.82) is 0 Å². The number of benzene rings is 6. The van der Waals surface area contributed by atoms with Crippen molar-refractivity contribution >= 4 is 22.9 Å². The zero-order valence-corrected chi connectivity index (χ0v) is 29.7. The number of hydrogen-bond acceptors (Lipinski definition) is 5. The first-order valence-corrected chi connectivity index (χ1v) is 18.3. The van der Waals surface area contributed by atoms with Gasteiger partial charge in [-0.05, 0) is 76.2 Å². The summed E-state index contributed by atoms with van der Waals surface area (Å²) in [5.41, 5.74) is 12.6. The maximum atomic E-state index is 7.08. The van der Waals surface area contributed by atoms with Gasteiger partial charge in [-0.15, -0.1) is 0 Å². The first-order chi connectivity index (χ1) is 27.2. The molecule has 0 fully saturated rings. The van der Waals surface area contributed by atoms with Gasteiger partial charge in [-0.3, -0.25) is 9.97 Å². The van der Waals surface area contributed by atoms with Gasteiger partial charge in [-0.2, -0.15) is 0 Å². The second kappa shape index (κ2) is 13.8. The lowest BCUT2D eigenvalue weighted by atomic mass is 9.92. The molecule has 0 spiro atoms. The summed E-state index contributed by atoms with van der Waals surface area (Å²) >= 11 is 0. The van der Waals surface area contributed by atoms with Gasteiger partial charge in [-0.25, -0.2) is 9.97 Å². The fraction of sp³-hybridized carbons (Fsp3) is 0. The minimum atomic E-state index is 0.642. The van der Waals surface area contributed by atoms with Crippen LogP contribution < -0.4 is 4.74 Å². The fourth-order valence-corrected chi connectivity index (χ4v) is 7.30. The van der Waals surface area contributed by atoms with E-state index in [1.165, 1.54) is 0 Å². The summed E-state index contributed by atoms with van der Waals surface area (Å²) in [7, 11) is 0. The highest BCUT2D eigenvalue weighted by Gasteiger charge is 2.20. The molecule has 55 heavy (non-hydrogen) atoms. The number of pyridine rings is 2. The van der Waals surface area contributed by atoms with Gasteiger partial charge < -0.3 is 4.74 Å². The Morgan fingerprint density at radius 1 is 0.418 bits per heavy atom. The van der Waals surface area contributed by atoms with E-state index >= 15 is 0 Å². The summed E-state index contributed by atoms with van der Waals surface area (Å²) in [6.07, 6.45) is 9.87. The molecule has 0 unspecified atom stereocenters. The van der Waals surface area contributed by atoms with Crippen LogP contribution in [-0.4, -0.2) is 19.9 Å². The molecule has 1 aliphatic rings. The van der Waals surface area contributed by atoms with Gasteiger partial charge >= 0.3 is 0 Å². The predicted octanol–water partition coefficient (Wildman–Crippen LogP) is 12.7. The Morgan fingerprint density at radius 2 is 1.13 bits per heavy atom. The van der Waals surface area contributed by atoms with Crippen LogP contribution in [0.1, 0.15) is 11.1 Å². The van der Waals surface area contributed by atoms with Crippen LogP contribution in [0.5, 0.6) is 11.5 Å². The molecule has 0 saturated carbocycles. The maximum absolute atomic E-state index is 7.08. The second-order valence-electron chi connectivity index (χ2n) is 13.5. The standard InChI is InChI=1S/C50H32N4O/c1-2-13-36(14-3-1)50-53-46(30-47(54-50)39-25-27-45(52-32-39)38-15-10-28-51-31-38)37-23-22-35-21-20-33-11-4-6-16-40(33)42-18-8-9-19-48(42)55-49-41-17-7-5-12-34(41)24-26-43(49)44(35)29-37/h1-32H/b21-20-. The van der Waals surface area contributed by atoms with E-state index in [1.54, 1.807) is 6.20 Å². The quantitative estimate of drug-likeness (QED) is 0.182. The van der Waals surface area contributed by atoms with Gasteiger partial charge in [0, 0.05) is 57.4 Å². The molecule has 0 bridgehead atoms. The molecular weight excluding hydrogens is 673 g/mol. The van der Waals surface area contributed by atoms with E-state index in [9.17, 15) is 0 Å². The molecule has 1 aliphatic heterocycles. The molecule has 0 amide bonds. The van der Waals surface area contributed by atoms with Crippen LogP contribution in [0.4, 0.5) is 0 Å². The van der Waals surface area contributed by atoms with E-state index in [4.69, 9.17) is 19.7 Å². The fourth-order valence-electron chi connectivity index (χ4n) is 7.30. The molecule has 0 radical (unpaired) electrons. The summed E-state index contributed by atoms with van der Waals surface area (Å²) in [6, 6.07) is 56.3. The molecular formula is C50H32N4O. The zero-order valence-electron chi connectivity index (χ0n) is 29.7. The molecule has 5 nitrogen and oxygen atoms in total. The highest BCUT2D eigenvalue weighted by atomic mass is 16.5. The van der Waals surface area contributed by atoms with E-state index in [-0.39, 0.29) is 0 Å². The molecule has 6 aromatic carbocycles. The Balaban J connectivity index is 1.18. The molecule has 0 N–H and O–H groups in total. The Bertz CT molecular complexity index is 2890. The third kappa shape index (κ3) is 6.14. The Morgan fingerprint density at radius 3 is 1.96 bits per heavy atom. The number of para-hydroxylation sites is 1. The first-order valence-electron chi connectivity index (χ1n) is 18.3. The molecule has 0 saturated heterocycles. The monoisotopic (exact) mass is 704 g/mol. The summed E-state index contributed by atoms with van der Waals surface area (Å²) in [4.78, 5) is 19.3.